The molecule has 0 aliphatic heterocycles. The minimum atomic E-state index is -0.256. The second-order valence-corrected chi connectivity index (χ2v) is 9.46. The Morgan fingerprint density at radius 2 is 1.57 bits per heavy atom. The Hall–Kier alpha value is -2.40. The van der Waals surface area contributed by atoms with E-state index in [0.717, 1.165) is 22.2 Å². The van der Waals surface area contributed by atoms with Crippen LogP contribution >= 0.6 is 11.8 Å². The number of nitrogens with zero attached hydrogens (tertiary/aromatic N) is 3. The predicted octanol–water partition coefficient (Wildman–Crippen LogP) is 5.55. The Morgan fingerprint density at radius 3 is 2.14 bits per heavy atom. The monoisotopic (exact) mass is 393 g/mol. The maximum atomic E-state index is 12.9. The summed E-state index contributed by atoms with van der Waals surface area (Å²) < 4.78 is 2.00. The van der Waals surface area contributed by atoms with E-state index in [-0.39, 0.29) is 16.4 Å². The largest absolute Gasteiger partial charge is 0.293 e. The molecule has 0 aliphatic rings. The topological polar surface area (TPSA) is 47.8 Å². The van der Waals surface area contributed by atoms with Crippen LogP contribution in [0.2, 0.25) is 0 Å². The number of carbonyl (C=O) groups is 1. The second-order valence-electron chi connectivity index (χ2n) is 8.15. The fraction of sp³-hybridized carbons (Fsp3) is 0.348. The summed E-state index contributed by atoms with van der Waals surface area (Å²) in [5.41, 5.74) is 4.23. The van der Waals surface area contributed by atoms with Crippen molar-refractivity contribution in [2.75, 3.05) is 0 Å². The lowest BCUT2D eigenvalue weighted by Crippen LogP contribution is -2.16. The summed E-state index contributed by atoms with van der Waals surface area (Å²) in [5.74, 6) is 0.905. The van der Waals surface area contributed by atoms with E-state index in [1.807, 2.05) is 54.8 Å². The van der Waals surface area contributed by atoms with Crippen LogP contribution in [0.15, 0.2) is 53.7 Å². The first-order valence-corrected chi connectivity index (χ1v) is 10.4. The molecule has 0 amide bonds. The Morgan fingerprint density at radius 1 is 0.964 bits per heavy atom. The molecule has 3 rings (SSSR count). The van der Waals surface area contributed by atoms with Crippen LogP contribution in [-0.4, -0.2) is 25.8 Å². The number of rotatable bonds is 5. The molecule has 1 atom stereocenters. The number of aryl methyl sites for hydroxylation is 2. The van der Waals surface area contributed by atoms with E-state index in [1.165, 1.54) is 22.9 Å². The molecule has 0 unspecified atom stereocenters. The Kier molecular flexibility index (Phi) is 5.75. The normalized spacial score (nSPS) is 12.8. The van der Waals surface area contributed by atoms with Gasteiger partial charge in [-0.1, -0.05) is 74.5 Å². The van der Waals surface area contributed by atoms with Gasteiger partial charge in [0.15, 0.2) is 10.9 Å². The lowest BCUT2D eigenvalue weighted by molar-refractivity contribution is 0.0994. The molecule has 5 heteroatoms. The summed E-state index contributed by atoms with van der Waals surface area (Å²) in [5, 5.41) is 8.99. The SMILES string of the molecule is Cc1ccc(-n2c(C)nnc2S[C@H](C)C(=O)c2ccc(C(C)(C)C)cc2)cc1. The molecule has 0 saturated heterocycles. The zero-order valence-corrected chi connectivity index (χ0v) is 18.2. The molecule has 146 valence electrons. The third-order valence-electron chi connectivity index (χ3n) is 4.77. The van der Waals surface area contributed by atoms with Crippen molar-refractivity contribution in [2.45, 2.75) is 57.4 Å². The van der Waals surface area contributed by atoms with Crippen molar-refractivity contribution in [3.8, 4) is 5.69 Å². The van der Waals surface area contributed by atoms with E-state index in [2.05, 4.69) is 50.0 Å². The Bertz CT molecular complexity index is 967. The zero-order chi connectivity index (χ0) is 20.5. The molecule has 3 aromatic rings. The highest BCUT2D eigenvalue weighted by Crippen LogP contribution is 2.28. The van der Waals surface area contributed by atoms with Crippen molar-refractivity contribution in [3.05, 3.63) is 71.0 Å². The molecule has 0 aliphatic carbocycles. The summed E-state index contributed by atoms with van der Waals surface area (Å²) in [6.07, 6.45) is 0. The third-order valence-corrected chi connectivity index (χ3v) is 5.82. The lowest BCUT2D eigenvalue weighted by Gasteiger charge is -2.19. The standard InChI is InChI=1S/C23H27N3OS/c1-15-7-13-20(14-8-15)26-17(3)24-25-22(26)28-16(2)21(27)18-9-11-19(12-10-18)23(4,5)6/h7-14,16H,1-6H3/t16-/m1/s1. The third kappa shape index (κ3) is 4.36. The van der Waals surface area contributed by atoms with Crippen molar-refractivity contribution in [3.63, 3.8) is 0 Å². The van der Waals surface area contributed by atoms with E-state index in [4.69, 9.17) is 0 Å². The van der Waals surface area contributed by atoms with Crippen LogP contribution in [-0.2, 0) is 5.41 Å². The molecule has 0 bridgehead atoms. The average Bonchev–Trinajstić information content (AvgIpc) is 3.01. The molecule has 1 heterocycles. The highest BCUT2D eigenvalue weighted by atomic mass is 32.2. The molecule has 0 fully saturated rings. The lowest BCUT2D eigenvalue weighted by atomic mass is 9.86. The number of ketones is 1. The summed E-state index contributed by atoms with van der Waals surface area (Å²) in [6.45, 7) is 12.4. The number of hydrogen-bond acceptors (Lipinski definition) is 4. The van der Waals surface area contributed by atoms with Crippen molar-refractivity contribution < 1.29 is 4.79 Å². The molecule has 0 N–H and O–H groups in total. The number of aromatic nitrogens is 3. The highest BCUT2D eigenvalue weighted by molar-refractivity contribution is 8.00. The van der Waals surface area contributed by atoms with Crippen molar-refractivity contribution >= 4 is 17.5 Å². The predicted molar refractivity (Wildman–Crippen MR) is 116 cm³/mol. The maximum Gasteiger partial charge on any atom is 0.196 e. The van der Waals surface area contributed by atoms with Gasteiger partial charge in [-0.05, 0) is 43.9 Å². The van der Waals surface area contributed by atoms with Crippen molar-refractivity contribution in [1.82, 2.24) is 14.8 Å². The van der Waals surface area contributed by atoms with Crippen LogP contribution in [0.3, 0.4) is 0 Å². The van der Waals surface area contributed by atoms with E-state index in [9.17, 15) is 4.79 Å². The summed E-state index contributed by atoms with van der Waals surface area (Å²) >= 11 is 1.44. The molecule has 0 saturated carbocycles. The van der Waals surface area contributed by atoms with Gasteiger partial charge >= 0.3 is 0 Å². The number of hydrogen-bond donors (Lipinski definition) is 0. The van der Waals surface area contributed by atoms with Crippen LogP contribution in [0.4, 0.5) is 0 Å². The van der Waals surface area contributed by atoms with E-state index >= 15 is 0 Å². The molecule has 1 aromatic heterocycles. The summed E-state index contributed by atoms with van der Waals surface area (Å²) in [6, 6.07) is 16.2. The van der Waals surface area contributed by atoms with Gasteiger partial charge in [-0.3, -0.25) is 9.36 Å². The fourth-order valence-electron chi connectivity index (χ4n) is 2.99. The average molecular weight is 394 g/mol. The highest BCUT2D eigenvalue weighted by Gasteiger charge is 2.22. The Labute approximate surface area is 171 Å². The number of benzene rings is 2. The molecular weight excluding hydrogens is 366 g/mol. The van der Waals surface area contributed by atoms with Crippen LogP contribution in [0.5, 0.6) is 0 Å². The number of Topliss-reactive ketones (excluding diaryl/α,β-unsaturated/α-hetero) is 1. The van der Waals surface area contributed by atoms with Gasteiger partial charge in [-0.15, -0.1) is 10.2 Å². The van der Waals surface area contributed by atoms with Crippen LogP contribution in [0.1, 0.15) is 55.0 Å². The quantitative estimate of drug-likeness (QED) is 0.421. The van der Waals surface area contributed by atoms with Gasteiger partial charge in [-0.2, -0.15) is 0 Å². The smallest absolute Gasteiger partial charge is 0.196 e. The zero-order valence-electron chi connectivity index (χ0n) is 17.4. The van der Waals surface area contributed by atoms with Crippen LogP contribution < -0.4 is 0 Å². The summed E-state index contributed by atoms with van der Waals surface area (Å²) in [4.78, 5) is 12.9. The van der Waals surface area contributed by atoms with Gasteiger partial charge in [-0.25, -0.2) is 0 Å². The first-order valence-electron chi connectivity index (χ1n) is 9.47. The molecule has 0 spiro atoms. The van der Waals surface area contributed by atoms with Gasteiger partial charge in [0.25, 0.3) is 0 Å². The van der Waals surface area contributed by atoms with Gasteiger partial charge in [0.05, 0.1) is 5.25 Å². The maximum absolute atomic E-state index is 12.9. The molecule has 0 radical (unpaired) electrons. The van der Waals surface area contributed by atoms with Gasteiger partial charge in [0, 0.05) is 11.3 Å². The van der Waals surface area contributed by atoms with E-state index in [0.29, 0.717) is 0 Å². The van der Waals surface area contributed by atoms with Crippen molar-refractivity contribution in [1.29, 1.82) is 0 Å². The van der Waals surface area contributed by atoms with Gasteiger partial charge in [0.1, 0.15) is 5.82 Å². The fourth-order valence-corrected chi connectivity index (χ4v) is 3.98. The van der Waals surface area contributed by atoms with Gasteiger partial charge < -0.3 is 0 Å². The molecule has 4 nitrogen and oxygen atoms in total. The van der Waals surface area contributed by atoms with Crippen molar-refractivity contribution in [2.24, 2.45) is 0 Å². The first kappa shape index (κ1) is 20.3. The van der Waals surface area contributed by atoms with Gasteiger partial charge in [0.2, 0.25) is 0 Å². The van der Waals surface area contributed by atoms with Crippen LogP contribution in [0, 0.1) is 13.8 Å². The minimum absolute atomic E-state index is 0.0733. The molecule has 2 aromatic carbocycles. The Balaban J connectivity index is 1.81. The van der Waals surface area contributed by atoms with E-state index in [1.54, 1.807) is 0 Å². The number of carbonyl (C=O) groups excluding carboxylic acids is 1. The molecular formula is C23H27N3OS. The first-order chi connectivity index (χ1) is 13.2. The second kappa shape index (κ2) is 7.92. The molecule has 28 heavy (non-hydrogen) atoms. The number of thioether (sulfide) groups is 1. The van der Waals surface area contributed by atoms with Crippen LogP contribution in [0.25, 0.3) is 5.69 Å². The minimum Gasteiger partial charge on any atom is -0.293 e. The summed E-state index contributed by atoms with van der Waals surface area (Å²) in [7, 11) is 0. The van der Waals surface area contributed by atoms with E-state index < -0.39 is 0 Å².